The summed E-state index contributed by atoms with van der Waals surface area (Å²) in [6, 6.07) is 1.17. The molecule has 0 aromatic heterocycles. The number of rotatable bonds is 6. The number of nitrogens with zero attached hydrogens (tertiary/aromatic N) is 1. The van der Waals surface area contributed by atoms with Crippen LogP contribution in [0.25, 0.3) is 0 Å². The van der Waals surface area contributed by atoms with Crippen molar-refractivity contribution in [1.82, 2.24) is 10.2 Å². The van der Waals surface area contributed by atoms with Crippen molar-refractivity contribution >= 4 is 6.09 Å². The minimum atomic E-state index is -0.133. The molecule has 19 heavy (non-hydrogen) atoms. The number of carbonyl (C=O) groups is 1. The van der Waals surface area contributed by atoms with Crippen molar-refractivity contribution in [2.24, 2.45) is 5.92 Å². The summed E-state index contributed by atoms with van der Waals surface area (Å²) < 4.78 is 5.16. The second-order valence-electron chi connectivity index (χ2n) is 5.99. The van der Waals surface area contributed by atoms with Gasteiger partial charge in [-0.25, -0.2) is 4.79 Å². The fourth-order valence-corrected chi connectivity index (χ4v) is 2.97. The Balaban J connectivity index is 1.87. The zero-order chi connectivity index (χ0) is 13.7. The molecule has 110 valence electrons. The Morgan fingerprint density at radius 3 is 2.68 bits per heavy atom. The van der Waals surface area contributed by atoms with Gasteiger partial charge in [0, 0.05) is 25.2 Å². The molecule has 1 saturated carbocycles. The summed E-state index contributed by atoms with van der Waals surface area (Å²) >= 11 is 0. The van der Waals surface area contributed by atoms with Crippen LogP contribution in [-0.2, 0) is 4.74 Å². The predicted octanol–water partition coefficient (Wildman–Crippen LogP) is 2.78. The highest BCUT2D eigenvalue weighted by atomic mass is 16.6. The van der Waals surface area contributed by atoms with Gasteiger partial charge in [0.2, 0.25) is 0 Å². The van der Waals surface area contributed by atoms with E-state index in [1.807, 2.05) is 11.8 Å². The molecule has 2 rings (SSSR count). The minimum absolute atomic E-state index is 0.133. The largest absolute Gasteiger partial charge is 0.450 e. The molecule has 0 spiro atoms. The van der Waals surface area contributed by atoms with Crippen LogP contribution in [-0.4, -0.2) is 42.8 Å². The fourth-order valence-electron chi connectivity index (χ4n) is 2.97. The molecular weight excluding hydrogens is 240 g/mol. The lowest BCUT2D eigenvalue weighted by Crippen LogP contribution is -2.51. The SMILES string of the molecule is CCCCC1CC(NC2CC2)CN(C(=O)OCC)C1. The molecule has 0 aromatic carbocycles. The molecule has 0 aromatic rings. The van der Waals surface area contributed by atoms with Crippen molar-refractivity contribution in [3.05, 3.63) is 0 Å². The maximum atomic E-state index is 11.9. The van der Waals surface area contributed by atoms with Crippen LogP contribution in [0.3, 0.4) is 0 Å². The third-order valence-corrected chi connectivity index (χ3v) is 4.08. The van der Waals surface area contributed by atoms with E-state index in [9.17, 15) is 4.79 Å². The normalized spacial score (nSPS) is 27.4. The van der Waals surface area contributed by atoms with Gasteiger partial charge in [-0.05, 0) is 38.5 Å². The van der Waals surface area contributed by atoms with Crippen LogP contribution < -0.4 is 5.32 Å². The molecule has 1 amide bonds. The van der Waals surface area contributed by atoms with Crippen LogP contribution in [0.1, 0.15) is 52.4 Å². The number of carbonyl (C=O) groups excluding carboxylic acids is 1. The highest BCUT2D eigenvalue weighted by Crippen LogP contribution is 2.26. The van der Waals surface area contributed by atoms with Gasteiger partial charge < -0.3 is 15.0 Å². The van der Waals surface area contributed by atoms with E-state index in [2.05, 4.69) is 12.2 Å². The van der Waals surface area contributed by atoms with Gasteiger partial charge in [0.1, 0.15) is 0 Å². The average molecular weight is 268 g/mol. The Morgan fingerprint density at radius 1 is 1.26 bits per heavy atom. The Kier molecular flexibility index (Phi) is 5.49. The van der Waals surface area contributed by atoms with Crippen molar-refractivity contribution in [3.8, 4) is 0 Å². The molecule has 0 radical (unpaired) electrons. The predicted molar refractivity (Wildman–Crippen MR) is 76.2 cm³/mol. The van der Waals surface area contributed by atoms with Crippen LogP contribution >= 0.6 is 0 Å². The van der Waals surface area contributed by atoms with Gasteiger partial charge in [-0.2, -0.15) is 0 Å². The van der Waals surface area contributed by atoms with E-state index in [0.29, 0.717) is 24.6 Å². The fraction of sp³-hybridized carbons (Fsp3) is 0.933. The molecule has 0 bridgehead atoms. The Morgan fingerprint density at radius 2 is 2.05 bits per heavy atom. The number of nitrogens with one attached hydrogen (secondary N) is 1. The lowest BCUT2D eigenvalue weighted by Gasteiger charge is -2.37. The molecule has 2 unspecified atom stereocenters. The number of piperidine rings is 1. The van der Waals surface area contributed by atoms with Crippen LogP contribution in [0.5, 0.6) is 0 Å². The Hall–Kier alpha value is -0.770. The van der Waals surface area contributed by atoms with Gasteiger partial charge in [0.25, 0.3) is 0 Å². The number of ether oxygens (including phenoxy) is 1. The monoisotopic (exact) mass is 268 g/mol. The van der Waals surface area contributed by atoms with Crippen molar-refractivity contribution in [2.75, 3.05) is 19.7 Å². The average Bonchev–Trinajstić information content (AvgIpc) is 3.20. The zero-order valence-electron chi connectivity index (χ0n) is 12.4. The molecule has 2 fully saturated rings. The van der Waals surface area contributed by atoms with E-state index in [1.165, 1.54) is 38.5 Å². The first-order chi connectivity index (χ1) is 9.22. The summed E-state index contributed by atoms with van der Waals surface area (Å²) in [7, 11) is 0. The maximum Gasteiger partial charge on any atom is 0.409 e. The van der Waals surface area contributed by atoms with Crippen LogP contribution in [0.15, 0.2) is 0 Å². The highest BCUT2D eigenvalue weighted by molar-refractivity contribution is 5.67. The van der Waals surface area contributed by atoms with E-state index in [0.717, 1.165) is 13.1 Å². The number of hydrogen-bond acceptors (Lipinski definition) is 3. The lowest BCUT2D eigenvalue weighted by atomic mass is 9.90. The maximum absolute atomic E-state index is 11.9. The first kappa shape index (κ1) is 14.6. The molecule has 1 aliphatic heterocycles. The van der Waals surface area contributed by atoms with E-state index in [4.69, 9.17) is 4.74 Å². The second-order valence-corrected chi connectivity index (χ2v) is 5.99. The topological polar surface area (TPSA) is 41.6 Å². The highest BCUT2D eigenvalue weighted by Gasteiger charge is 2.33. The zero-order valence-corrected chi connectivity index (χ0v) is 12.4. The van der Waals surface area contributed by atoms with Gasteiger partial charge >= 0.3 is 6.09 Å². The molecule has 2 aliphatic rings. The number of unbranched alkanes of at least 4 members (excludes halogenated alkanes) is 1. The molecule has 1 N–H and O–H groups in total. The third kappa shape index (κ3) is 4.68. The second kappa shape index (κ2) is 7.13. The lowest BCUT2D eigenvalue weighted by molar-refractivity contribution is 0.0767. The van der Waals surface area contributed by atoms with Crippen molar-refractivity contribution < 1.29 is 9.53 Å². The minimum Gasteiger partial charge on any atom is -0.450 e. The van der Waals surface area contributed by atoms with Crippen LogP contribution in [0, 0.1) is 5.92 Å². The first-order valence-corrected chi connectivity index (χ1v) is 7.90. The summed E-state index contributed by atoms with van der Waals surface area (Å²) in [4.78, 5) is 13.9. The molecule has 4 heteroatoms. The van der Waals surface area contributed by atoms with Crippen LogP contribution in [0.4, 0.5) is 4.79 Å². The van der Waals surface area contributed by atoms with Gasteiger partial charge in [0.05, 0.1) is 6.61 Å². The van der Waals surface area contributed by atoms with E-state index in [1.54, 1.807) is 0 Å². The summed E-state index contributed by atoms with van der Waals surface area (Å²) in [6.07, 6.45) is 7.41. The van der Waals surface area contributed by atoms with E-state index in [-0.39, 0.29) is 6.09 Å². The summed E-state index contributed by atoms with van der Waals surface area (Å²) in [5, 5.41) is 3.68. The first-order valence-electron chi connectivity index (χ1n) is 7.90. The molecule has 1 aliphatic carbocycles. The standard InChI is InChI=1S/C15H28N2O2/c1-3-5-6-12-9-14(16-13-7-8-13)11-17(10-12)15(18)19-4-2/h12-14,16H,3-11H2,1-2H3. The molecule has 4 nitrogen and oxygen atoms in total. The molecular formula is C15H28N2O2. The van der Waals surface area contributed by atoms with E-state index < -0.39 is 0 Å². The molecule has 2 atom stereocenters. The smallest absolute Gasteiger partial charge is 0.409 e. The van der Waals surface area contributed by atoms with Gasteiger partial charge in [0.15, 0.2) is 0 Å². The van der Waals surface area contributed by atoms with Gasteiger partial charge in [-0.3, -0.25) is 0 Å². The molecule has 1 heterocycles. The number of likely N-dealkylation sites (tertiary alicyclic amines) is 1. The third-order valence-electron chi connectivity index (χ3n) is 4.08. The van der Waals surface area contributed by atoms with Crippen molar-refractivity contribution in [1.29, 1.82) is 0 Å². The van der Waals surface area contributed by atoms with Crippen LogP contribution in [0.2, 0.25) is 0 Å². The van der Waals surface area contributed by atoms with E-state index >= 15 is 0 Å². The summed E-state index contributed by atoms with van der Waals surface area (Å²) in [5.74, 6) is 0.634. The van der Waals surface area contributed by atoms with Gasteiger partial charge in [-0.1, -0.05) is 19.8 Å². The number of amides is 1. The quantitative estimate of drug-likeness (QED) is 0.805. The molecule has 1 saturated heterocycles. The number of hydrogen-bond donors (Lipinski definition) is 1. The summed E-state index contributed by atoms with van der Waals surface area (Å²) in [6.45, 7) is 6.26. The van der Waals surface area contributed by atoms with Gasteiger partial charge in [-0.15, -0.1) is 0 Å². The Bertz CT molecular complexity index is 292. The van der Waals surface area contributed by atoms with Crippen molar-refractivity contribution in [2.45, 2.75) is 64.5 Å². The van der Waals surface area contributed by atoms with Crippen molar-refractivity contribution in [3.63, 3.8) is 0 Å². The summed E-state index contributed by atoms with van der Waals surface area (Å²) in [5.41, 5.74) is 0. The Labute approximate surface area is 116 Å².